The van der Waals surface area contributed by atoms with Crippen LogP contribution >= 0.6 is 0 Å². The molecule has 0 aliphatic heterocycles. The quantitative estimate of drug-likeness (QED) is 0.887. The Morgan fingerprint density at radius 2 is 1.65 bits per heavy atom. The molecule has 7 heteroatoms. The second kappa shape index (κ2) is 6.60. The molecule has 0 radical (unpaired) electrons. The lowest BCUT2D eigenvalue weighted by atomic mass is 10.2. The topological polar surface area (TPSA) is 55.8 Å². The molecule has 0 aliphatic rings. The van der Waals surface area contributed by atoms with Gasteiger partial charge in [0.15, 0.2) is 6.10 Å². The van der Waals surface area contributed by atoms with Crippen molar-refractivity contribution in [2.24, 2.45) is 0 Å². The van der Waals surface area contributed by atoms with E-state index in [1.807, 2.05) is 0 Å². The molecular formula is C16H13F3O4. The third-order valence-corrected chi connectivity index (χ3v) is 2.88. The second-order valence-corrected chi connectivity index (χ2v) is 4.70. The summed E-state index contributed by atoms with van der Waals surface area (Å²) in [6.45, 7) is 1.38. The van der Waals surface area contributed by atoms with Crippen molar-refractivity contribution >= 4 is 5.97 Å². The Kier molecular flexibility index (Phi) is 4.78. The monoisotopic (exact) mass is 326 g/mol. The third kappa shape index (κ3) is 4.64. The van der Waals surface area contributed by atoms with E-state index in [1.54, 1.807) is 0 Å². The molecule has 0 aromatic heterocycles. The highest BCUT2D eigenvalue weighted by Gasteiger charge is 2.30. The zero-order chi connectivity index (χ0) is 17.0. The van der Waals surface area contributed by atoms with Gasteiger partial charge in [-0.15, -0.1) is 0 Å². The fourth-order valence-electron chi connectivity index (χ4n) is 1.71. The first-order valence-electron chi connectivity index (χ1n) is 6.60. The maximum atomic E-state index is 12.6. The maximum Gasteiger partial charge on any atom is 0.416 e. The van der Waals surface area contributed by atoms with Crippen LogP contribution in [0.15, 0.2) is 48.5 Å². The minimum Gasteiger partial charge on any atom is -0.479 e. The number of aliphatic carboxylic acids is 1. The van der Waals surface area contributed by atoms with Crippen molar-refractivity contribution in [3.05, 3.63) is 54.1 Å². The van der Waals surface area contributed by atoms with Gasteiger partial charge in [0.1, 0.15) is 17.2 Å². The highest BCUT2D eigenvalue weighted by molar-refractivity contribution is 5.72. The van der Waals surface area contributed by atoms with Crippen molar-refractivity contribution in [1.29, 1.82) is 0 Å². The third-order valence-electron chi connectivity index (χ3n) is 2.88. The number of hydrogen-bond donors (Lipinski definition) is 1. The Morgan fingerprint density at radius 1 is 1.04 bits per heavy atom. The first-order chi connectivity index (χ1) is 10.8. The van der Waals surface area contributed by atoms with E-state index in [-0.39, 0.29) is 5.75 Å². The molecule has 122 valence electrons. The van der Waals surface area contributed by atoms with Crippen LogP contribution in [-0.4, -0.2) is 17.2 Å². The molecule has 2 aromatic rings. The Balaban J connectivity index is 2.08. The fourth-order valence-corrected chi connectivity index (χ4v) is 1.71. The molecule has 1 atom stereocenters. The molecule has 2 rings (SSSR count). The van der Waals surface area contributed by atoms with Crippen LogP contribution in [0.4, 0.5) is 13.2 Å². The average Bonchev–Trinajstić information content (AvgIpc) is 2.48. The summed E-state index contributed by atoms with van der Waals surface area (Å²) in [7, 11) is 0. The van der Waals surface area contributed by atoms with Crippen molar-refractivity contribution in [3.8, 4) is 17.2 Å². The predicted octanol–water partition coefficient (Wildman–Crippen LogP) is 4.35. The zero-order valence-electron chi connectivity index (χ0n) is 12.0. The van der Waals surface area contributed by atoms with Gasteiger partial charge in [-0.2, -0.15) is 13.2 Å². The minimum absolute atomic E-state index is 0.0485. The van der Waals surface area contributed by atoms with Crippen LogP contribution in [0.2, 0.25) is 0 Å². The van der Waals surface area contributed by atoms with E-state index in [2.05, 4.69) is 0 Å². The number of benzene rings is 2. The molecule has 0 bridgehead atoms. The molecular weight excluding hydrogens is 313 g/mol. The Labute approximate surface area is 130 Å². The van der Waals surface area contributed by atoms with Crippen molar-refractivity contribution in [3.63, 3.8) is 0 Å². The first kappa shape index (κ1) is 16.7. The Morgan fingerprint density at radius 3 is 2.22 bits per heavy atom. The summed E-state index contributed by atoms with van der Waals surface area (Å²) in [5, 5.41) is 8.74. The smallest absolute Gasteiger partial charge is 0.416 e. The highest BCUT2D eigenvalue weighted by Crippen LogP contribution is 2.33. The van der Waals surface area contributed by atoms with Crippen LogP contribution in [0.5, 0.6) is 17.2 Å². The van der Waals surface area contributed by atoms with Crippen LogP contribution in [0.25, 0.3) is 0 Å². The summed E-state index contributed by atoms with van der Waals surface area (Å²) < 4.78 is 48.4. The van der Waals surface area contributed by atoms with E-state index in [1.165, 1.54) is 43.3 Å². The SMILES string of the molecule is CC(Oc1ccc(Oc2cccc(C(F)(F)F)c2)cc1)C(=O)O. The van der Waals surface area contributed by atoms with E-state index < -0.39 is 23.8 Å². The van der Waals surface area contributed by atoms with Crippen LogP contribution < -0.4 is 9.47 Å². The van der Waals surface area contributed by atoms with Gasteiger partial charge in [0.2, 0.25) is 0 Å². The molecule has 0 heterocycles. The molecule has 23 heavy (non-hydrogen) atoms. The summed E-state index contributed by atoms with van der Waals surface area (Å²) in [5.41, 5.74) is -0.801. The molecule has 2 aromatic carbocycles. The second-order valence-electron chi connectivity index (χ2n) is 4.70. The van der Waals surface area contributed by atoms with Crippen LogP contribution in [0.1, 0.15) is 12.5 Å². The van der Waals surface area contributed by atoms with Crippen molar-refractivity contribution in [2.45, 2.75) is 19.2 Å². The first-order valence-corrected chi connectivity index (χ1v) is 6.60. The van der Waals surface area contributed by atoms with Gasteiger partial charge in [-0.05, 0) is 49.4 Å². The van der Waals surface area contributed by atoms with Crippen LogP contribution in [-0.2, 0) is 11.0 Å². The van der Waals surface area contributed by atoms with E-state index in [9.17, 15) is 18.0 Å². The lowest BCUT2D eigenvalue weighted by molar-refractivity contribution is -0.144. The average molecular weight is 326 g/mol. The summed E-state index contributed by atoms with van der Waals surface area (Å²) >= 11 is 0. The van der Waals surface area contributed by atoms with Gasteiger partial charge in [-0.3, -0.25) is 0 Å². The van der Waals surface area contributed by atoms with Gasteiger partial charge in [-0.1, -0.05) is 6.07 Å². The Bertz CT molecular complexity index is 680. The number of carboxylic acid groups (broad SMARTS) is 1. The molecule has 0 aliphatic carbocycles. The summed E-state index contributed by atoms with van der Waals surface area (Å²) in [4.78, 5) is 10.7. The molecule has 0 saturated heterocycles. The van der Waals surface area contributed by atoms with Gasteiger partial charge in [0, 0.05) is 0 Å². The molecule has 0 fully saturated rings. The largest absolute Gasteiger partial charge is 0.479 e. The lowest BCUT2D eigenvalue weighted by Gasteiger charge is -2.12. The van der Waals surface area contributed by atoms with E-state index in [4.69, 9.17) is 14.6 Å². The zero-order valence-corrected chi connectivity index (χ0v) is 12.0. The molecule has 1 N–H and O–H groups in total. The fraction of sp³-hybridized carbons (Fsp3) is 0.188. The standard InChI is InChI=1S/C16H13F3O4/c1-10(15(20)21)22-12-5-7-13(8-6-12)23-14-4-2-3-11(9-14)16(17,18)19/h2-10H,1H3,(H,20,21). The van der Waals surface area contributed by atoms with Gasteiger partial charge in [-0.25, -0.2) is 4.79 Å². The number of rotatable bonds is 5. The maximum absolute atomic E-state index is 12.6. The van der Waals surface area contributed by atoms with Gasteiger partial charge in [0.25, 0.3) is 0 Å². The number of ether oxygens (including phenoxy) is 2. The van der Waals surface area contributed by atoms with E-state index in [0.29, 0.717) is 11.5 Å². The Hall–Kier alpha value is -2.70. The summed E-state index contributed by atoms with van der Waals surface area (Å²) in [6, 6.07) is 10.4. The molecule has 1 unspecified atom stereocenters. The number of halogens is 3. The lowest BCUT2D eigenvalue weighted by Crippen LogP contribution is -2.22. The molecule has 0 amide bonds. The summed E-state index contributed by atoms with van der Waals surface area (Å²) in [6.07, 6.45) is -5.45. The normalized spacial score (nSPS) is 12.5. The van der Waals surface area contributed by atoms with E-state index in [0.717, 1.165) is 12.1 Å². The highest BCUT2D eigenvalue weighted by atomic mass is 19.4. The summed E-state index contributed by atoms with van der Waals surface area (Å²) in [5.74, 6) is -0.433. The van der Waals surface area contributed by atoms with Crippen molar-refractivity contribution in [1.82, 2.24) is 0 Å². The molecule has 4 nitrogen and oxygen atoms in total. The van der Waals surface area contributed by atoms with Crippen molar-refractivity contribution < 1.29 is 32.5 Å². The predicted molar refractivity (Wildman–Crippen MR) is 75.7 cm³/mol. The minimum atomic E-state index is -4.44. The number of hydrogen-bond acceptors (Lipinski definition) is 3. The van der Waals surface area contributed by atoms with Crippen molar-refractivity contribution in [2.75, 3.05) is 0 Å². The van der Waals surface area contributed by atoms with Crippen LogP contribution in [0.3, 0.4) is 0 Å². The van der Waals surface area contributed by atoms with Gasteiger partial charge < -0.3 is 14.6 Å². The number of alkyl halides is 3. The van der Waals surface area contributed by atoms with E-state index >= 15 is 0 Å². The van der Waals surface area contributed by atoms with Crippen LogP contribution in [0, 0.1) is 0 Å². The van der Waals surface area contributed by atoms with Gasteiger partial charge >= 0.3 is 12.1 Å². The number of carboxylic acids is 1. The number of carbonyl (C=O) groups is 1. The van der Waals surface area contributed by atoms with Gasteiger partial charge in [0.05, 0.1) is 5.56 Å². The molecule has 0 saturated carbocycles. The molecule has 0 spiro atoms.